The number of hydrogen-bond acceptors (Lipinski definition) is 2. The largest absolute Gasteiger partial charge is 0.356 e. The molecule has 0 unspecified atom stereocenters. The zero-order valence-corrected chi connectivity index (χ0v) is 17.9. The Kier molecular flexibility index (Phi) is 8.10. The summed E-state index contributed by atoms with van der Waals surface area (Å²) in [5.41, 5.74) is 2.45. The molecule has 0 aliphatic rings. The number of guanidine groups is 1. The summed E-state index contributed by atoms with van der Waals surface area (Å²) in [7, 11) is 7.83. The Hall–Kier alpha value is -1.03. The minimum absolute atomic E-state index is 0. The average Bonchev–Trinajstić information content (AvgIpc) is 3.01. The molecule has 1 N–H and O–H groups in total. The Morgan fingerprint density at radius 2 is 2.13 bits per heavy atom. The highest BCUT2D eigenvalue weighted by Gasteiger charge is 2.09. The zero-order chi connectivity index (χ0) is 16.1. The summed E-state index contributed by atoms with van der Waals surface area (Å²) in [5, 5.41) is 7.57. The Morgan fingerprint density at radius 3 is 2.65 bits per heavy atom. The van der Waals surface area contributed by atoms with Crippen LogP contribution >= 0.6 is 39.9 Å². The molecular formula is C15H24BrIN6. The van der Waals surface area contributed by atoms with Crippen LogP contribution in [0.4, 0.5) is 0 Å². The molecule has 0 amide bonds. The molecule has 128 valence electrons. The van der Waals surface area contributed by atoms with Crippen LogP contribution in [0.25, 0.3) is 0 Å². The Morgan fingerprint density at radius 1 is 1.39 bits per heavy atom. The van der Waals surface area contributed by atoms with Gasteiger partial charge in [0.15, 0.2) is 5.96 Å². The van der Waals surface area contributed by atoms with E-state index in [1.54, 1.807) is 0 Å². The Labute approximate surface area is 163 Å². The smallest absolute Gasteiger partial charge is 0.193 e. The van der Waals surface area contributed by atoms with Crippen molar-refractivity contribution in [2.75, 3.05) is 20.6 Å². The molecule has 2 rings (SSSR count). The number of rotatable bonds is 5. The van der Waals surface area contributed by atoms with Gasteiger partial charge in [-0.25, -0.2) is 0 Å². The molecule has 0 spiro atoms. The van der Waals surface area contributed by atoms with E-state index in [-0.39, 0.29) is 24.0 Å². The number of halogens is 2. The fourth-order valence-corrected chi connectivity index (χ4v) is 2.92. The third kappa shape index (κ3) is 5.83. The van der Waals surface area contributed by atoms with Gasteiger partial charge in [-0.15, -0.1) is 24.0 Å². The van der Waals surface area contributed by atoms with Crippen molar-refractivity contribution in [2.24, 2.45) is 19.1 Å². The summed E-state index contributed by atoms with van der Waals surface area (Å²) in [6.07, 6.45) is 6.92. The molecule has 0 radical (unpaired) electrons. The van der Waals surface area contributed by atoms with Gasteiger partial charge in [0.05, 0.1) is 12.7 Å². The minimum Gasteiger partial charge on any atom is -0.356 e. The van der Waals surface area contributed by atoms with E-state index in [0.29, 0.717) is 0 Å². The molecule has 0 saturated carbocycles. The molecule has 0 aromatic carbocycles. The lowest BCUT2D eigenvalue weighted by Crippen LogP contribution is -2.39. The number of aryl methyl sites for hydroxylation is 2. The average molecular weight is 495 g/mol. The van der Waals surface area contributed by atoms with Crippen molar-refractivity contribution in [2.45, 2.75) is 13.0 Å². The van der Waals surface area contributed by atoms with E-state index >= 15 is 0 Å². The van der Waals surface area contributed by atoms with Crippen LogP contribution in [0.15, 0.2) is 34.1 Å². The maximum atomic E-state index is 4.35. The van der Waals surface area contributed by atoms with Crippen LogP contribution in [0.1, 0.15) is 11.3 Å². The van der Waals surface area contributed by atoms with E-state index in [0.717, 1.165) is 29.9 Å². The lowest BCUT2D eigenvalue weighted by molar-refractivity contribution is 0.462. The fourth-order valence-electron chi connectivity index (χ4n) is 2.35. The number of nitrogens with one attached hydrogen (secondary N) is 1. The monoisotopic (exact) mass is 494 g/mol. The van der Waals surface area contributed by atoms with E-state index in [1.807, 2.05) is 45.3 Å². The van der Waals surface area contributed by atoms with Crippen molar-refractivity contribution in [3.05, 3.63) is 40.4 Å². The summed E-state index contributed by atoms with van der Waals surface area (Å²) >= 11 is 3.50. The van der Waals surface area contributed by atoms with Gasteiger partial charge in [-0.05, 0) is 34.0 Å². The predicted molar refractivity (Wildman–Crippen MR) is 108 cm³/mol. The number of aromatic nitrogens is 3. The van der Waals surface area contributed by atoms with Gasteiger partial charge in [-0.1, -0.05) is 0 Å². The first-order chi connectivity index (χ1) is 10.5. The maximum Gasteiger partial charge on any atom is 0.193 e. The highest BCUT2D eigenvalue weighted by molar-refractivity contribution is 14.0. The van der Waals surface area contributed by atoms with Gasteiger partial charge >= 0.3 is 0 Å². The van der Waals surface area contributed by atoms with Gasteiger partial charge in [-0.2, -0.15) is 5.10 Å². The van der Waals surface area contributed by atoms with Gasteiger partial charge in [0.1, 0.15) is 0 Å². The topological polar surface area (TPSA) is 50.4 Å². The molecule has 0 bridgehead atoms. The first-order valence-corrected chi connectivity index (χ1v) is 7.99. The van der Waals surface area contributed by atoms with Crippen LogP contribution in [0, 0.1) is 0 Å². The second-order valence-corrected chi connectivity index (χ2v) is 6.28. The number of hydrogen-bond donors (Lipinski definition) is 1. The van der Waals surface area contributed by atoms with E-state index in [4.69, 9.17) is 0 Å². The summed E-state index contributed by atoms with van der Waals surface area (Å²) < 4.78 is 5.03. The van der Waals surface area contributed by atoms with Crippen molar-refractivity contribution < 1.29 is 0 Å². The van der Waals surface area contributed by atoms with Crippen LogP contribution in [-0.4, -0.2) is 45.8 Å². The molecule has 6 nitrogen and oxygen atoms in total. The third-order valence-electron chi connectivity index (χ3n) is 3.50. The molecular weight excluding hydrogens is 471 g/mol. The van der Waals surface area contributed by atoms with Crippen LogP contribution in [0.2, 0.25) is 0 Å². The molecule has 2 aromatic heterocycles. The van der Waals surface area contributed by atoms with Crippen molar-refractivity contribution in [3.63, 3.8) is 0 Å². The molecule has 8 heteroatoms. The SMILES string of the molecule is CN=C(NCCc1cnn(C)c1)N(C)Cc1cc(Br)cn1C.I. The molecule has 23 heavy (non-hydrogen) atoms. The van der Waals surface area contributed by atoms with Gasteiger partial charge in [0.2, 0.25) is 0 Å². The summed E-state index contributed by atoms with van der Waals surface area (Å²) in [5.74, 6) is 0.890. The number of nitrogens with zero attached hydrogens (tertiary/aromatic N) is 5. The molecule has 0 saturated heterocycles. The highest BCUT2D eigenvalue weighted by atomic mass is 127. The van der Waals surface area contributed by atoms with E-state index in [1.165, 1.54) is 11.3 Å². The van der Waals surface area contributed by atoms with Crippen molar-refractivity contribution in [3.8, 4) is 0 Å². The summed E-state index contributed by atoms with van der Waals surface area (Å²) in [4.78, 5) is 6.46. The third-order valence-corrected chi connectivity index (χ3v) is 3.94. The Bertz CT molecular complexity index is 648. The molecule has 0 fully saturated rings. The van der Waals surface area contributed by atoms with Gasteiger partial charge in [0.25, 0.3) is 0 Å². The normalized spacial score (nSPS) is 11.3. The maximum absolute atomic E-state index is 4.35. The number of aliphatic imine (C=N–C) groups is 1. The fraction of sp³-hybridized carbons (Fsp3) is 0.467. The van der Waals surface area contributed by atoms with E-state index in [2.05, 4.69) is 53.1 Å². The second-order valence-electron chi connectivity index (χ2n) is 5.36. The second kappa shape index (κ2) is 9.31. The molecule has 0 aliphatic heterocycles. The predicted octanol–water partition coefficient (Wildman–Crippen LogP) is 2.39. The molecule has 2 heterocycles. The quantitative estimate of drug-likeness (QED) is 0.394. The van der Waals surface area contributed by atoms with Gasteiger partial charge in [0, 0.05) is 57.3 Å². The lowest BCUT2D eigenvalue weighted by atomic mass is 10.2. The van der Waals surface area contributed by atoms with E-state index < -0.39 is 0 Å². The standard InChI is InChI=1S/C15H23BrN6.HI/c1-17-15(18-6-5-12-8-19-22(4)9-12)21(3)11-14-7-13(16)10-20(14)2;/h7-10H,5-6,11H2,1-4H3,(H,17,18);1H. The molecule has 0 atom stereocenters. The van der Waals surface area contributed by atoms with Crippen molar-refractivity contribution >= 4 is 45.9 Å². The van der Waals surface area contributed by atoms with Crippen LogP contribution in [0.5, 0.6) is 0 Å². The van der Waals surface area contributed by atoms with Crippen molar-refractivity contribution in [1.29, 1.82) is 0 Å². The van der Waals surface area contributed by atoms with E-state index in [9.17, 15) is 0 Å². The van der Waals surface area contributed by atoms with Gasteiger partial charge < -0.3 is 14.8 Å². The van der Waals surface area contributed by atoms with Crippen LogP contribution < -0.4 is 5.32 Å². The summed E-state index contributed by atoms with van der Waals surface area (Å²) in [6, 6.07) is 2.12. The van der Waals surface area contributed by atoms with Crippen molar-refractivity contribution in [1.82, 2.24) is 24.6 Å². The van der Waals surface area contributed by atoms with Gasteiger partial charge in [-0.3, -0.25) is 9.67 Å². The summed E-state index contributed by atoms with van der Waals surface area (Å²) in [6.45, 7) is 1.63. The molecule has 0 aliphatic carbocycles. The first-order valence-electron chi connectivity index (χ1n) is 7.19. The molecule has 2 aromatic rings. The van der Waals surface area contributed by atoms with Crippen LogP contribution in [-0.2, 0) is 27.1 Å². The van der Waals surface area contributed by atoms with Crippen LogP contribution in [0.3, 0.4) is 0 Å². The lowest BCUT2D eigenvalue weighted by Gasteiger charge is -2.22. The highest BCUT2D eigenvalue weighted by Crippen LogP contribution is 2.14. The zero-order valence-electron chi connectivity index (χ0n) is 14.0. The Balaban J connectivity index is 0.00000264. The minimum atomic E-state index is 0. The first kappa shape index (κ1) is 20.0.